The maximum absolute atomic E-state index is 3.39. The van der Waals surface area contributed by atoms with E-state index < -0.39 is 0 Å². The fourth-order valence-electron chi connectivity index (χ4n) is 3.57. The predicted octanol–water partition coefficient (Wildman–Crippen LogP) is 0.695. The molecule has 0 saturated carbocycles. The minimum absolute atomic E-state index is 0. The predicted molar refractivity (Wildman–Crippen MR) is 129 cm³/mol. The quantitative estimate of drug-likeness (QED) is 0.491. The molecule has 0 spiro atoms. The molecule has 0 fully saturated rings. The fraction of sp³-hybridized carbons (Fsp3) is 0.222. The molecule has 0 aromatic heterocycles. The van der Waals surface area contributed by atoms with Gasteiger partial charge in [-0.1, -0.05) is 41.8 Å². The standard InChI is InChI=1S/C15H14N.C9H7S.C3H6.2ClH.Zr/c1-11-8-13-10-12(2)16(15(13)9-11)14-6-4-3-5-7-14;1-10-9-6-5-7-3-2-4-8(7)9;1-3-2;;;/h3-7,9-10,12H,1-2H3;2-3,5-6H,1H3;1-2H3;2*1H;/q2*-1;;;;+2/p-2. The molecule has 1 aromatic carbocycles. The minimum atomic E-state index is 0. The van der Waals surface area contributed by atoms with E-state index in [2.05, 4.69) is 112 Å². The molecule has 0 saturated heterocycles. The molecular formula is C27H27Cl2NSZr-2. The summed E-state index contributed by atoms with van der Waals surface area (Å²) in [5, 5.41) is 0. The normalized spacial score (nSPS) is 18.6. The van der Waals surface area contributed by atoms with Crippen molar-refractivity contribution in [2.24, 2.45) is 0 Å². The summed E-state index contributed by atoms with van der Waals surface area (Å²) in [6.45, 7) is 8.56. The third-order valence-electron chi connectivity index (χ3n) is 4.73. The largest absolute Gasteiger partial charge is 1.00 e. The molecule has 32 heavy (non-hydrogen) atoms. The summed E-state index contributed by atoms with van der Waals surface area (Å²) in [5.41, 5.74) is 7.58. The van der Waals surface area contributed by atoms with Crippen LogP contribution in [0.2, 0.25) is 0 Å². The Kier molecular flexibility index (Phi) is 12.2. The summed E-state index contributed by atoms with van der Waals surface area (Å²) < 4.78 is 1.51. The smallest absolute Gasteiger partial charge is 1.00 e. The molecule has 1 atom stereocenters. The van der Waals surface area contributed by atoms with Crippen molar-refractivity contribution in [1.29, 1.82) is 0 Å². The molecule has 1 nitrogen and oxygen atoms in total. The van der Waals surface area contributed by atoms with Gasteiger partial charge in [0.05, 0.1) is 0 Å². The zero-order chi connectivity index (χ0) is 21.7. The minimum Gasteiger partial charge on any atom is -1.00 e. The van der Waals surface area contributed by atoms with Crippen LogP contribution < -0.4 is 29.7 Å². The number of nitrogens with zero attached hydrogens (tertiary/aromatic N) is 1. The van der Waals surface area contributed by atoms with E-state index in [9.17, 15) is 0 Å². The first-order valence-electron chi connectivity index (χ1n) is 10.1. The Morgan fingerprint density at radius 2 is 1.75 bits per heavy atom. The van der Waals surface area contributed by atoms with Crippen LogP contribution in [0.5, 0.6) is 0 Å². The third kappa shape index (κ3) is 7.19. The van der Waals surface area contributed by atoms with Crippen LogP contribution in [0.15, 0.2) is 99.7 Å². The van der Waals surface area contributed by atoms with Gasteiger partial charge < -0.3 is 29.7 Å². The number of thioether (sulfide) groups is 1. The Balaban J connectivity index is 0.000000277. The number of benzene rings is 1. The summed E-state index contributed by atoms with van der Waals surface area (Å²) in [6, 6.07) is 10.9. The van der Waals surface area contributed by atoms with Crippen LogP contribution in [-0.2, 0) is 24.2 Å². The molecular weight excluding hydrogens is 533 g/mol. The molecule has 4 aliphatic rings. The first-order chi connectivity index (χ1) is 14.4. The molecule has 5 rings (SSSR count). The van der Waals surface area contributed by atoms with E-state index in [1.54, 1.807) is 36.0 Å². The number of para-hydroxylation sites is 1. The zero-order valence-corrected chi connectivity index (χ0v) is 23.8. The average molecular weight is 560 g/mol. The summed E-state index contributed by atoms with van der Waals surface area (Å²) in [5.74, 6) is 0. The second-order valence-electron chi connectivity index (χ2n) is 7.57. The van der Waals surface area contributed by atoms with Crippen molar-refractivity contribution < 1.29 is 49.0 Å². The van der Waals surface area contributed by atoms with Gasteiger partial charge in [-0.05, 0) is 25.3 Å². The van der Waals surface area contributed by atoms with Gasteiger partial charge in [-0.3, -0.25) is 0 Å². The number of halogens is 2. The van der Waals surface area contributed by atoms with E-state index >= 15 is 0 Å². The first-order valence-corrected chi connectivity index (χ1v) is 12.5. The van der Waals surface area contributed by atoms with E-state index in [0.29, 0.717) is 6.04 Å². The topological polar surface area (TPSA) is 3.24 Å². The van der Waals surface area contributed by atoms with Crippen LogP contribution in [0.3, 0.4) is 0 Å². The molecule has 0 bridgehead atoms. The number of rotatable bonds is 2. The van der Waals surface area contributed by atoms with Crippen LogP contribution in [0.25, 0.3) is 0 Å². The van der Waals surface area contributed by atoms with Crippen molar-refractivity contribution in [3.05, 3.63) is 112 Å². The SMILES string of the molecule is CC1=[C-]C2=CC(C)N(c3ccccc3)C2=C1.CSC1=C2[C-]=CC=C2C=C1.C[C](C)=[Zr+2].[Cl-].[Cl-]. The van der Waals surface area contributed by atoms with Crippen LogP contribution in [0.1, 0.15) is 27.7 Å². The summed E-state index contributed by atoms with van der Waals surface area (Å²) in [6.07, 6.45) is 21.5. The van der Waals surface area contributed by atoms with Gasteiger partial charge in [-0.25, -0.2) is 0 Å². The number of allylic oxidation sites excluding steroid dienone is 10. The van der Waals surface area contributed by atoms with Crippen LogP contribution in [0.4, 0.5) is 5.69 Å². The first kappa shape index (κ1) is 28.9. The van der Waals surface area contributed by atoms with Crippen molar-refractivity contribution in [3.63, 3.8) is 0 Å². The number of anilines is 1. The van der Waals surface area contributed by atoms with E-state index in [1.165, 1.54) is 41.8 Å². The molecule has 1 heterocycles. The Morgan fingerprint density at radius 3 is 2.38 bits per heavy atom. The van der Waals surface area contributed by atoms with Crippen LogP contribution in [-0.4, -0.2) is 15.5 Å². The van der Waals surface area contributed by atoms with Gasteiger partial charge >= 0.3 is 41.3 Å². The van der Waals surface area contributed by atoms with E-state index in [1.807, 2.05) is 6.08 Å². The van der Waals surface area contributed by atoms with Crippen molar-refractivity contribution in [3.8, 4) is 0 Å². The maximum atomic E-state index is 3.39. The van der Waals surface area contributed by atoms with Gasteiger partial charge in [0.1, 0.15) is 0 Å². The Hall–Kier alpha value is -1.12. The Labute approximate surface area is 225 Å². The molecule has 1 unspecified atom stereocenters. The molecule has 1 aliphatic heterocycles. The monoisotopic (exact) mass is 557 g/mol. The van der Waals surface area contributed by atoms with Gasteiger partial charge in [0.25, 0.3) is 0 Å². The van der Waals surface area contributed by atoms with E-state index in [0.717, 1.165) is 0 Å². The average Bonchev–Trinajstić information content (AvgIpc) is 3.43. The number of hydrogen-bond acceptors (Lipinski definition) is 2. The molecule has 0 amide bonds. The van der Waals surface area contributed by atoms with Gasteiger partial charge in [0.2, 0.25) is 0 Å². The Morgan fingerprint density at radius 1 is 1.09 bits per heavy atom. The summed E-state index contributed by atoms with van der Waals surface area (Å²) in [7, 11) is 0. The number of hydrogen-bond donors (Lipinski definition) is 0. The second kappa shape index (κ2) is 13.6. The zero-order valence-electron chi connectivity index (χ0n) is 19.0. The van der Waals surface area contributed by atoms with Crippen molar-refractivity contribution in [2.75, 3.05) is 11.2 Å². The van der Waals surface area contributed by atoms with Gasteiger partial charge in [0.15, 0.2) is 0 Å². The molecule has 3 aliphatic carbocycles. The van der Waals surface area contributed by atoms with Gasteiger partial charge in [-0.2, -0.15) is 23.9 Å². The Bertz CT molecular complexity index is 1040. The van der Waals surface area contributed by atoms with Crippen molar-refractivity contribution >= 4 is 20.7 Å². The molecule has 0 radical (unpaired) electrons. The van der Waals surface area contributed by atoms with Crippen LogP contribution >= 0.6 is 11.8 Å². The van der Waals surface area contributed by atoms with Crippen molar-refractivity contribution in [1.82, 2.24) is 0 Å². The fourth-order valence-corrected chi connectivity index (χ4v) is 4.16. The second-order valence-corrected chi connectivity index (χ2v) is 10.9. The van der Waals surface area contributed by atoms with E-state index in [-0.39, 0.29) is 24.8 Å². The number of fused-ring (bicyclic) bond motifs is 2. The molecule has 166 valence electrons. The van der Waals surface area contributed by atoms with Crippen molar-refractivity contribution in [2.45, 2.75) is 33.7 Å². The third-order valence-corrected chi connectivity index (χ3v) is 5.51. The molecule has 1 aromatic rings. The van der Waals surface area contributed by atoms with Gasteiger partial charge in [-0.15, -0.1) is 52.7 Å². The maximum Gasteiger partial charge on any atom is -1.00 e. The summed E-state index contributed by atoms with van der Waals surface area (Å²) in [4.78, 5) is 3.69. The van der Waals surface area contributed by atoms with Crippen LogP contribution in [0, 0.1) is 12.2 Å². The van der Waals surface area contributed by atoms with Gasteiger partial charge in [0, 0.05) is 11.7 Å². The van der Waals surface area contributed by atoms with E-state index in [4.69, 9.17) is 0 Å². The molecule has 5 heteroatoms. The molecule has 0 N–H and O–H groups in total. The summed E-state index contributed by atoms with van der Waals surface area (Å²) >= 11 is 3.33.